The Morgan fingerprint density at radius 1 is 1.20 bits per heavy atom. The average Bonchev–Trinajstić information content (AvgIpc) is 3.18. The number of likely N-dealkylation sites (tertiary alicyclic amines) is 1. The lowest BCUT2D eigenvalue weighted by atomic mass is 9.98. The van der Waals surface area contributed by atoms with Crippen molar-refractivity contribution in [3.63, 3.8) is 0 Å². The molecule has 1 aromatic heterocycles. The number of nitrogens with zero attached hydrogens (tertiary/aromatic N) is 4. The van der Waals surface area contributed by atoms with Gasteiger partial charge in [-0.25, -0.2) is 4.79 Å². The number of nitrogens with one attached hydrogen (secondary N) is 1. The van der Waals surface area contributed by atoms with E-state index in [-0.39, 0.29) is 24.0 Å². The molecule has 0 saturated carbocycles. The second-order valence-electron chi connectivity index (χ2n) is 7.81. The van der Waals surface area contributed by atoms with Crippen LogP contribution in [0.25, 0.3) is 0 Å². The Labute approximate surface area is 147 Å². The summed E-state index contributed by atoms with van der Waals surface area (Å²) in [6.07, 6.45) is 1.35. The highest BCUT2D eigenvalue weighted by Crippen LogP contribution is 2.34. The maximum absolute atomic E-state index is 12.8. The molecule has 3 rings (SSSR count). The second kappa shape index (κ2) is 6.40. The molecule has 0 unspecified atom stereocenters. The van der Waals surface area contributed by atoms with E-state index in [0.717, 1.165) is 6.42 Å². The monoisotopic (exact) mass is 349 g/mol. The van der Waals surface area contributed by atoms with E-state index in [1.54, 1.807) is 0 Å². The van der Waals surface area contributed by atoms with E-state index in [9.17, 15) is 9.59 Å². The van der Waals surface area contributed by atoms with Gasteiger partial charge >= 0.3 is 6.03 Å². The summed E-state index contributed by atoms with van der Waals surface area (Å²) in [5.41, 5.74) is -0.823. The zero-order valence-corrected chi connectivity index (χ0v) is 15.6. The normalized spacial score (nSPS) is 25.6. The molecule has 0 radical (unpaired) electrons. The lowest BCUT2D eigenvalue weighted by Crippen LogP contribution is -2.49. The van der Waals surface area contributed by atoms with E-state index < -0.39 is 5.54 Å². The Morgan fingerprint density at radius 2 is 1.92 bits per heavy atom. The van der Waals surface area contributed by atoms with Crippen LogP contribution >= 0.6 is 0 Å². The molecule has 3 heterocycles. The fourth-order valence-corrected chi connectivity index (χ4v) is 3.58. The molecule has 3 amide bonds. The highest BCUT2D eigenvalue weighted by Gasteiger charge is 2.56. The van der Waals surface area contributed by atoms with Gasteiger partial charge in [0.2, 0.25) is 11.8 Å². The third-order valence-electron chi connectivity index (χ3n) is 4.98. The lowest BCUT2D eigenvalue weighted by Gasteiger charge is -2.25. The number of hydrogen-bond acceptors (Lipinski definition) is 6. The summed E-state index contributed by atoms with van der Waals surface area (Å²) < 4.78 is 5.78. The number of hydrogen-bond donors (Lipinski definition) is 1. The highest BCUT2D eigenvalue weighted by atomic mass is 16.4. The zero-order valence-electron chi connectivity index (χ0n) is 15.6. The van der Waals surface area contributed by atoms with Crippen molar-refractivity contribution < 1.29 is 14.0 Å². The number of amides is 3. The number of aromatic nitrogens is 2. The summed E-state index contributed by atoms with van der Waals surface area (Å²) in [4.78, 5) is 28.4. The Morgan fingerprint density at radius 3 is 2.52 bits per heavy atom. The molecule has 2 aliphatic heterocycles. The van der Waals surface area contributed by atoms with Crippen LogP contribution in [0.3, 0.4) is 0 Å². The third kappa shape index (κ3) is 3.15. The van der Waals surface area contributed by atoms with Gasteiger partial charge in [0.15, 0.2) is 0 Å². The van der Waals surface area contributed by atoms with Crippen molar-refractivity contribution in [3.8, 4) is 0 Å². The Kier molecular flexibility index (Phi) is 4.57. The van der Waals surface area contributed by atoms with Crippen LogP contribution < -0.4 is 5.32 Å². The zero-order chi connectivity index (χ0) is 18.4. The molecule has 1 N–H and O–H groups in total. The molecule has 8 heteroatoms. The molecule has 25 heavy (non-hydrogen) atoms. The van der Waals surface area contributed by atoms with Gasteiger partial charge in [0.25, 0.3) is 5.91 Å². The minimum absolute atomic E-state index is 0.0920. The van der Waals surface area contributed by atoms with E-state index in [1.165, 1.54) is 4.90 Å². The van der Waals surface area contributed by atoms with E-state index >= 15 is 0 Å². The van der Waals surface area contributed by atoms with Gasteiger partial charge in [-0.15, -0.1) is 10.2 Å². The molecule has 0 aliphatic carbocycles. The van der Waals surface area contributed by atoms with Crippen LogP contribution in [0.15, 0.2) is 4.42 Å². The molecule has 138 valence electrons. The van der Waals surface area contributed by atoms with E-state index in [2.05, 4.69) is 34.3 Å². The first-order valence-electron chi connectivity index (χ1n) is 8.95. The van der Waals surface area contributed by atoms with Crippen LogP contribution in [-0.2, 0) is 11.2 Å². The van der Waals surface area contributed by atoms with Crippen molar-refractivity contribution in [1.29, 1.82) is 0 Å². The fraction of sp³-hybridized carbons (Fsp3) is 0.765. The minimum Gasteiger partial charge on any atom is -0.424 e. The van der Waals surface area contributed by atoms with Crippen LogP contribution in [0.5, 0.6) is 0 Å². The van der Waals surface area contributed by atoms with Gasteiger partial charge in [0.05, 0.1) is 6.04 Å². The molecule has 0 bridgehead atoms. The van der Waals surface area contributed by atoms with Gasteiger partial charge in [-0.3, -0.25) is 14.6 Å². The van der Waals surface area contributed by atoms with Crippen molar-refractivity contribution in [3.05, 3.63) is 11.8 Å². The number of carbonyl (C=O) groups excluding carboxylic acids is 2. The van der Waals surface area contributed by atoms with Crippen LogP contribution in [0.1, 0.15) is 58.9 Å². The molecule has 1 spiro atoms. The summed E-state index contributed by atoms with van der Waals surface area (Å²) in [6.45, 7) is 11.1. The van der Waals surface area contributed by atoms with Gasteiger partial charge in [-0.2, -0.15) is 0 Å². The van der Waals surface area contributed by atoms with Gasteiger partial charge in [-0.05, 0) is 33.1 Å². The van der Waals surface area contributed by atoms with E-state index in [4.69, 9.17) is 4.42 Å². The minimum atomic E-state index is -0.823. The summed E-state index contributed by atoms with van der Waals surface area (Å²) >= 11 is 0. The quantitative estimate of drug-likeness (QED) is 0.814. The van der Waals surface area contributed by atoms with Crippen molar-refractivity contribution >= 4 is 11.9 Å². The third-order valence-corrected chi connectivity index (χ3v) is 4.98. The number of rotatable bonds is 5. The lowest BCUT2D eigenvalue weighted by molar-refractivity contribution is -0.132. The molecule has 2 atom stereocenters. The van der Waals surface area contributed by atoms with Gasteiger partial charge in [-0.1, -0.05) is 13.8 Å². The van der Waals surface area contributed by atoms with Crippen LogP contribution in [0, 0.1) is 5.92 Å². The Hall–Kier alpha value is -1.96. The topological polar surface area (TPSA) is 91.6 Å². The molecule has 2 fully saturated rings. The first kappa shape index (κ1) is 17.8. The number of imide groups is 1. The largest absolute Gasteiger partial charge is 0.424 e. The predicted molar refractivity (Wildman–Crippen MR) is 90.7 cm³/mol. The molecule has 1 aromatic rings. The second-order valence-corrected chi connectivity index (χ2v) is 7.81. The maximum atomic E-state index is 12.8. The first-order chi connectivity index (χ1) is 11.7. The van der Waals surface area contributed by atoms with Crippen LogP contribution in [0.2, 0.25) is 0 Å². The van der Waals surface area contributed by atoms with Crippen molar-refractivity contribution in [1.82, 2.24) is 25.3 Å². The molecular weight excluding hydrogens is 322 g/mol. The maximum Gasteiger partial charge on any atom is 0.325 e. The van der Waals surface area contributed by atoms with E-state index in [0.29, 0.717) is 37.2 Å². The predicted octanol–water partition coefficient (Wildman–Crippen LogP) is 1.73. The molecule has 0 aromatic carbocycles. The Bertz CT molecular complexity index is 671. The number of urea groups is 1. The molecule has 2 aliphatic rings. The van der Waals surface area contributed by atoms with Crippen molar-refractivity contribution in [2.24, 2.45) is 5.92 Å². The van der Waals surface area contributed by atoms with Crippen LogP contribution in [0.4, 0.5) is 4.79 Å². The van der Waals surface area contributed by atoms with Gasteiger partial charge < -0.3 is 9.73 Å². The summed E-state index contributed by atoms with van der Waals surface area (Å²) in [5.74, 6) is 1.52. The molecule has 8 nitrogen and oxygen atoms in total. The van der Waals surface area contributed by atoms with Crippen molar-refractivity contribution in [2.45, 2.75) is 65.1 Å². The first-order valence-corrected chi connectivity index (χ1v) is 8.95. The average molecular weight is 349 g/mol. The standard InChI is InChI=1S/C17H27N5O3/c1-10(2)8-13-19-20-14(25-13)12(5)21-7-6-17(9-21)15(23)22(11(3)4)16(24)18-17/h10-12H,6-9H2,1-5H3,(H,18,24)/t12-,17-/m1/s1. The van der Waals surface area contributed by atoms with Crippen molar-refractivity contribution in [2.75, 3.05) is 13.1 Å². The van der Waals surface area contributed by atoms with Crippen LogP contribution in [-0.4, -0.2) is 56.6 Å². The van der Waals surface area contributed by atoms with Gasteiger partial charge in [0.1, 0.15) is 5.54 Å². The molecule has 2 saturated heterocycles. The number of carbonyl (C=O) groups is 2. The Balaban J connectivity index is 1.71. The fourth-order valence-electron chi connectivity index (χ4n) is 3.58. The molecular formula is C17H27N5O3. The van der Waals surface area contributed by atoms with Gasteiger partial charge in [0, 0.05) is 25.6 Å². The summed E-state index contributed by atoms with van der Waals surface area (Å²) in [7, 11) is 0. The highest BCUT2D eigenvalue weighted by molar-refractivity contribution is 6.07. The summed E-state index contributed by atoms with van der Waals surface area (Å²) in [6, 6.07) is -0.537. The van der Waals surface area contributed by atoms with E-state index in [1.807, 2.05) is 20.8 Å². The SMILES string of the molecule is CC(C)Cc1nnc([C@@H](C)N2CC[C@]3(C2)NC(=O)N(C(C)C)C3=O)o1. The smallest absolute Gasteiger partial charge is 0.325 e. The summed E-state index contributed by atoms with van der Waals surface area (Å²) in [5, 5.41) is 11.2.